The van der Waals surface area contributed by atoms with E-state index in [1.807, 2.05) is 10.8 Å². The van der Waals surface area contributed by atoms with Gasteiger partial charge in [0.25, 0.3) is 5.69 Å². The summed E-state index contributed by atoms with van der Waals surface area (Å²) in [6, 6.07) is 10.8. The van der Waals surface area contributed by atoms with Gasteiger partial charge < -0.3 is 4.74 Å². The fraction of sp³-hybridized carbons (Fsp3) is 0.188. The van der Waals surface area contributed by atoms with E-state index >= 15 is 0 Å². The van der Waals surface area contributed by atoms with Gasteiger partial charge in [-0.1, -0.05) is 41.9 Å². The van der Waals surface area contributed by atoms with Crippen molar-refractivity contribution in [3.63, 3.8) is 0 Å². The Bertz CT molecular complexity index is 931. The number of esters is 1. The fourth-order valence-electron chi connectivity index (χ4n) is 2.01. The molecule has 0 radical (unpaired) electrons. The molecule has 0 bridgehead atoms. The maximum absolute atomic E-state index is 12.2. The first-order valence-corrected chi connectivity index (χ1v) is 9.20. The Morgan fingerprint density at radius 3 is 2.54 bits per heavy atom. The highest BCUT2D eigenvalue weighted by Gasteiger charge is 2.23. The van der Waals surface area contributed by atoms with Gasteiger partial charge in [0.1, 0.15) is 13.2 Å². The highest BCUT2D eigenvalue weighted by atomic mass is 35.5. The molecule has 0 aromatic heterocycles. The number of benzene rings is 2. The van der Waals surface area contributed by atoms with Crippen molar-refractivity contribution >= 4 is 33.3 Å². The lowest BCUT2D eigenvalue weighted by Gasteiger charge is -2.09. The van der Waals surface area contributed by atoms with Gasteiger partial charge in [0.15, 0.2) is 0 Å². The number of halogens is 1. The SMILES string of the molecule is Cc1c(Cl)cc(S(=O)(=O)NCC(=O)OCc2ccccc2)cc1[N+](=O)[O-]. The van der Waals surface area contributed by atoms with Crippen LogP contribution in [0.1, 0.15) is 11.1 Å². The van der Waals surface area contributed by atoms with Gasteiger partial charge in [-0.25, -0.2) is 8.42 Å². The molecule has 0 spiro atoms. The van der Waals surface area contributed by atoms with E-state index in [0.717, 1.165) is 17.7 Å². The van der Waals surface area contributed by atoms with Crippen molar-refractivity contribution in [2.45, 2.75) is 18.4 Å². The van der Waals surface area contributed by atoms with Gasteiger partial charge >= 0.3 is 5.97 Å². The lowest BCUT2D eigenvalue weighted by Crippen LogP contribution is -2.30. The molecule has 2 aromatic rings. The van der Waals surface area contributed by atoms with Crippen LogP contribution >= 0.6 is 11.6 Å². The van der Waals surface area contributed by atoms with E-state index in [1.54, 1.807) is 24.3 Å². The van der Waals surface area contributed by atoms with Crippen molar-refractivity contribution < 1.29 is 22.9 Å². The molecule has 0 amide bonds. The number of hydrogen-bond donors (Lipinski definition) is 1. The number of carbonyl (C=O) groups is 1. The summed E-state index contributed by atoms with van der Waals surface area (Å²) in [5, 5.41) is 10.9. The van der Waals surface area contributed by atoms with Gasteiger partial charge in [0.2, 0.25) is 10.0 Å². The van der Waals surface area contributed by atoms with Crippen molar-refractivity contribution in [3.8, 4) is 0 Å². The average molecular weight is 399 g/mol. The van der Waals surface area contributed by atoms with Crippen LogP contribution in [-0.2, 0) is 26.2 Å². The first-order valence-electron chi connectivity index (χ1n) is 7.34. The summed E-state index contributed by atoms with van der Waals surface area (Å²) >= 11 is 5.86. The zero-order valence-electron chi connectivity index (χ0n) is 13.6. The minimum atomic E-state index is -4.17. The smallest absolute Gasteiger partial charge is 0.321 e. The molecule has 0 saturated carbocycles. The molecular formula is C16H15ClN2O6S. The first-order chi connectivity index (χ1) is 12.2. The zero-order chi connectivity index (χ0) is 19.3. The minimum Gasteiger partial charge on any atom is -0.460 e. The van der Waals surface area contributed by atoms with E-state index in [9.17, 15) is 23.3 Å². The first kappa shape index (κ1) is 19.8. The highest BCUT2D eigenvalue weighted by Crippen LogP contribution is 2.29. The summed E-state index contributed by atoms with van der Waals surface area (Å²) in [6.07, 6.45) is 0. The topological polar surface area (TPSA) is 116 Å². The number of nitro benzene ring substituents is 1. The molecule has 0 aliphatic heterocycles. The van der Waals surface area contributed by atoms with Gasteiger partial charge in [0, 0.05) is 11.6 Å². The van der Waals surface area contributed by atoms with Gasteiger partial charge in [-0.3, -0.25) is 14.9 Å². The van der Waals surface area contributed by atoms with E-state index in [-0.39, 0.29) is 17.2 Å². The van der Waals surface area contributed by atoms with E-state index < -0.39 is 38.0 Å². The number of carbonyl (C=O) groups excluding carboxylic acids is 1. The van der Waals surface area contributed by atoms with E-state index in [0.29, 0.717) is 0 Å². The molecule has 138 valence electrons. The van der Waals surface area contributed by atoms with Crippen molar-refractivity contribution in [1.82, 2.24) is 4.72 Å². The number of nitrogens with zero attached hydrogens (tertiary/aromatic N) is 1. The maximum Gasteiger partial charge on any atom is 0.321 e. The number of nitro groups is 1. The predicted molar refractivity (Wildman–Crippen MR) is 94.3 cm³/mol. The molecule has 0 aliphatic rings. The molecule has 1 N–H and O–H groups in total. The Hall–Kier alpha value is -2.49. The fourth-order valence-corrected chi connectivity index (χ4v) is 3.30. The number of hydrogen-bond acceptors (Lipinski definition) is 6. The molecule has 0 atom stereocenters. The third-order valence-corrected chi connectivity index (χ3v) is 5.22. The van der Waals surface area contributed by atoms with Gasteiger partial charge in [-0.2, -0.15) is 4.72 Å². The van der Waals surface area contributed by atoms with Crippen molar-refractivity contribution in [2.24, 2.45) is 0 Å². The standard InChI is InChI=1S/C16H15ClN2O6S/c1-11-14(17)7-13(8-15(11)19(21)22)26(23,24)18-9-16(20)25-10-12-5-3-2-4-6-12/h2-8,18H,9-10H2,1H3. The average Bonchev–Trinajstić information content (AvgIpc) is 2.61. The third kappa shape index (κ3) is 5.01. The van der Waals surface area contributed by atoms with E-state index in [2.05, 4.69) is 0 Å². The van der Waals surface area contributed by atoms with Crippen LogP contribution in [0.2, 0.25) is 5.02 Å². The second kappa shape index (κ2) is 8.26. The second-order valence-electron chi connectivity index (χ2n) is 5.28. The van der Waals surface area contributed by atoms with Gasteiger partial charge in [0.05, 0.1) is 14.8 Å². The Balaban J connectivity index is 2.04. The molecule has 10 heteroatoms. The van der Waals surface area contributed by atoms with E-state index in [4.69, 9.17) is 16.3 Å². The maximum atomic E-state index is 12.2. The monoisotopic (exact) mass is 398 g/mol. The molecule has 0 fully saturated rings. The number of ether oxygens (including phenoxy) is 1. The summed E-state index contributed by atoms with van der Waals surface area (Å²) < 4.78 is 31.5. The van der Waals surface area contributed by atoms with Crippen LogP contribution in [0.25, 0.3) is 0 Å². The predicted octanol–water partition coefficient (Wildman–Crippen LogP) is 2.58. The molecule has 2 rings (SSSR count). The summed E-state index contributed by atoms with van der Waals surface area (Å²) in [6.45, 7) is 0.795. The summed E-state index contributed by atoms with van der Waals surface area (Å²) in [5.74, 6) is -0.787. The Labute approximate surface area is 154 Å². The summed E-state index contributed by atoms with van der Waals surface area (Å²) in [7, 11) is -4.17. The van der Waals surface area contributed by atoms with Gasteiger partial charge in [-0.15, -0.1) is 0 Å². The quantitative estimate of drug-likeness (QED) is 0.435. The summed E-state index contributed by atoms with van der Waals surface area (Å²) in [4.78, 5) is 21.6. The molecule has 0 saturated heterocycles. The normalized spacial score (nSPS) is 11.2. The van der Waals surface area contributed by atoms with Crippen LogP contribution in [0.5, 0.6) is 0 Å². The number of nitrogens with one attached hydrogen (secondary N) is 1. The molecule has 0 aliphatic carbocycles. The van der Waals surface area contributed by atoms with E-state index in [1.165, 1.54) is 6.92 Å². The molecule has 0 heterocycles. The van der Waals surface area contributed by atoms with Crippen LogP contribution in [0.15, 0.2) is 47.4 Å². The van der Waals surface area contributed by atoms with Crippen LogP contribution < -0.4 is 4.72 Å². The molecular weight excluding hydrogens is 384 g/mol. The minimum absolute atomic E-state index is 0.00321. The summed E-state index contributed by atoms with van der Waals surface area (Å²) in [5.41, 5.74) is 0.479. The number of sulfonamides is 1. The van der Waals surface area contributed by atoms with Crippen LogP contribution in [0.3, 0.4) is 0 Å². The van der Waals surface area contributed by atoms with Gasteiger partial charge in [-0.05, 0) is 18.6 Å². The number of rotatable bonds is 7. The molecule has 26 heavy (non-hydrogen) atoms. The Kier molecular flexibility index (Phi) is 6.30. The van der Waals surface area contributed by atoms with Crippen molar-refractivity contribution in [3.05, 3.63) is 68.7 Å². The third-order valence-electron chi connectivity index (χ3n) is 3.45. The molecule has 2 aromatic carbocycles. The largest absolute Gasteiger partial charge is 0.460 e. The van der Waals surface area contributed by atoms with Crippen molar-refractivity contribution in [2.75, 3.05) is 6.54 Å². The lowest BCUT2D eigenvalue weighted by atomic mass is 10.2. The van der Waals surface area contributed by atoms with Crippen molar-refractivity contribution in [1.29, 1.82) is 0 Å². The Morgan fingerprint density at radius 2 is 1.92 bits per heavy atom. The lowest BCUT2D eigenvalue weighted by molar-refractivity contribution is -0.385. The molecule has 8 nitrogen and oxygen atoms in total. The molecule has 0 unspecified atom stereocenters. The van der Waals surface area contributed by atoms with Crippen LogP contribution in [0.4, 0.5) is 5.69 Å². The Morgan fingerprint density at radius 1 is 1.27 bits per heavy atom. The zero-order valence-corrected chi connectivity index (χ0v) is 15.2. The van der Waals surface area contributed by atoms with Crippen LogP contribution in [0, 0.1) is 17.0 Å². The van der Waals surface area contributed by atoms with Crippen LogP contribution in [-0.4, -0.2) is 25.9 Å². The second-order valence-corrected chi connectivity index (χ2v) is 7.45. The highest BCUT2D eigenvalue weighted by molar-refractivity contribution is 7.89.